The lowest BCUT2D eigenvalue weighted by atomic mass is 10.1. The van der Waals surface area contributed by atoms with Crippen LogP contribution in [0.25, 0.3) is 6.08 Å². The van der Waals surface area contributed by atoms with Crippen molar-refractivity contribution in [1.82, 2.24) is 0 Å². The number of aliphatic hydroxyl groups excluding tert-OH is 2. The first kappa shape index (κ1) is 16.0. The molecule has 0 bridgehead atoms. The summed E-state index contributed by atoms with van der Waals surface area (Å²) in [7, 11) is 0. The Kier molecular flexibility index (Phi) is 4.50. The van der Waals surface area contributed by atoms with Crippen LogP contribution in [0.2, 0.25) is 0 Å². The van der Waals surface area contributed by atoms with Crippen molar-refractivity contribution in [2.45, 2.75) is 6.10 Å². The van der Waals surface area contributed by atoms with E-state index < -0.39 is 12.7 Å². The zero-order valence-corrected chi connectivity index (χ0v) is 12.9. The van der Waals surface area contributed by atoms with Gasteiger partial charge in [-0.25, -0.2) is 0 Å². The highest BCUT2D eigenvalue weighted by Gasteiger charge is 2.31. The highest BCUT2D eigenvalue weighted by Crippen LogP contribution is 2.37. The fourth-order valence-corrected chi connectivity index (χ4v) is 2.48. The Hall–Kier alpha value is -2.83. The third kappa shape index (κ3) is 3.24. The summed E-state index contributed by atoms with van der Waals surface area (Å²) in [4.78, 5) is 14.1. The van der Waals surface area contributed by atoms with Crippen molar-refractivity contribution in [3.63, 3.8) is 0 Å². The van der Waals surface area contributed by atoms with Gasteiger partial charge in [0.1, 0.15) is 0 Å². The minimum Gasteiger partial charge on any atom is -0.449 e. The molecule has 1 heterocycles. The van der Waals surface area contributed by atoms with Gasteiger partial charge in [-0.2, -0.15) is 0 Å². The Labute approximate surface area is 139 Å². The molecule has 0 spiro atoms. The average molecular weight is 326 g/mol. The molecule has 4 N–H and O–H groups in total. The standard InChI is InChI=1S/C18H18N2O4/c19-13-6-7-15-16(9-13)24-17(8-12-4-2-1-3-5-12)18(23)20(15)10-14(22)11-21/h1-9,14,21-22H,10-11,19H2/b17-8+. The fourth-order valence-electron chi connectivity index (χ4n) is 2.48. The minimum atomic E-state index is -1.05. The number of nitrogens with two attached hydrogens (primary N) is 1. The predicted octanol–water partition coefficient (Wildman–Crippen LogP) is 1.39. The van der Waals surface area contributed by atoms with Crippen LogP contribution in [0.1, 0.15) is 5.56 Å². The van der Waals surface area contributed by atoms with Crippen LogP contribution in [0, 0.1) is 0 Å². The normalized spacial score (nSPS) is 16.7. The van der Waals surface area contributed by atoms with Crippen LogP contribution in [-0.2, 0) is 4.79 Å². The number of amides is 1. The van der Waals surface area contributed by atoms with E-state index in [0.717, 1.165) is 5.56 Å². The molecule has 1 amide bonds. The van der Waals surface area contributed by atoms with E-state index in [1.54, 1.807) is 24.3 Å². The number of anilines is 2. The largest absolute Gasteiger partial charge is 0.449 e. The lowest BCUT2D eigenvalue weighted by Gasteiger charge is -2.31. The number of hydrogen-bond donors (Lipinski definition) is 3. The second-order valence-corrected chi connectivity index (χ2v) is 5.50. The molecule has 1 aliphatic heterocycles. The third-order valence-corrected chi connectivity index (χ3v) is 3.65. The monoisotopic (exact) mass is 326 g/mol. The van der Waals surface area contributed by atoms with E-state index in [4.69, 9.17) is 15.6 Å². The van der Waals surface area contributed by atoms with Gasteiger partial charge in [-0.05, 0) is 23.8 Å². The van der Waals surface area contributed by atoms with Crippen LogP contribution in [0.5, 0.6) is 5.75 Å². The number of ether oxygens (including phenoxy) is 1. The van der Waals surface area contributed by atoms with Gasteiger partial charge in [0.25, 0.3) is 5.91 Å². The molecule has 1 atom stereocenters. The lowest BCUT2D eigenvalue weighted by Crippen LogP contribution is -2.43. The van der Waals surface area contributed by atoms with Crippen LogP contribution < -0.4 is 15.4 Å². The average Bonchev–Trinajstić information content (AvgIpc) is 2.59. The number of aliphatic hydroxyl groups is 2. The Morgan fingerprint density at radius 1 is 1.21 bits per heavy atom. The summed E-state index contributed by atoms with van der Waals surface area (Å²) >= 11 is 0. The van der Waals surface area contributed by atoms with E-state index in [-0.39, 0.29) is 18.2 Å². The van der Waals surface area contributed by atoms with Crippen molar-refractivity contribution in [1.29, 1.82) is 0 Å². The number of benzene rings is 2. The first-order valence-corrected chi connectivity index (χ1v) is 7.53. The van der Waals surface area contributed by atoms with Gasteiger partial charge in [-0.1, -0.05) is 30.3 Å². The van der Waals surface area contributed by atoms with Gasteiger partial charge in [0, 0.05) is 11.8 Å². The van der Waals surface area contributed by atoms with E-state index in [0.29, 0.717) is 17.1 Å². The topological polar surface area (TPSA) is 96.0 Å². The number of β-amino-alcohol motifs (C(OH)–C–C–N with tert-alkyl or cyclic N) is 1. The molecule has 24 heavy (non-hydrogen) atoms. The van der Waals surface area contributed by atoms with Crippen molar-refractivity contribution in [3.8, 4) is 5.75 Å². The van der Waals surface area contributed by atoms with E-state index >= 15 is 0 Å². The number of nitrogen functional groups attached to an aromatic ring is 1. The first-order valence-electron chi connectivity index (χ1n) is 7.53. The molecular weight excluding hydrogens is 308 g/mol. The molecule has 3 rings (SSSR count). The van der Waals surface area contributed by atoms with Crippen LogP contribution >= 0.6 is 0 Å². The molecule has 0 saturated heterocycles. The highest BCUT2D eigenvalue weighted by atomic mass is 16.5. The maximum Gasteiger partial charge on any atom is 0.294 e. The van der Waals surface area contributed by atoms with Crippen molar-refractivity contribution in [2.75, 3.05) is 23.8 Å². The van der Waals surface area contributed by atoms with Gasteiger partial charge < -0.3 is 20.7 Å². The van der Waals surface area contributed by atoms with Crippen molar-refractivity contribution >= 4 is 23.4 Å². The summed E-state index contributed by atoms with van der Waals surface area (Å²) in [5.41, 5.74) is 7.62. The quantitative estimate of drug-likeness (QED) is 0.583. The molecule has 0 saturated carbocycles. The Bertz CT molecular complexity index is 774. The lowest BCUT2D eigenvalue weighted by molar-refractivity contribution is -0.118. The summed E-state index contributed by atoms with van der Waals surface area (Å²) < 4.78 is 5.72. The number of rotatable bonds is 4. The minimum absolute atomic E-state index is 0.0399. The summed E-state index contributed by atoms with van der Waals surface area (Å²) in [6.45, 7) is -0.478. The van der Waals surface area contributed by atoms with Gasteiger partial charge in [-0.15, -0.1) is 0 Å². The van der Waals surface area contributed by atoms with Crippen molar-refractivity contribution < 1.29 is 19.7 Å². The summed E-state index contributed by atoms with van der Waals surface area (Å²) in [5.74, 6) is 0.176. The Balaban J connectivity index is 2.02. The van der Waals surface area contributed by atoms with Gasteiger partial charge in [-0.3, -0.25) is 9.69 Å². The summed E-state index contributed by atoms with van der Waals surface area (Å²) in [5, 5.41) is 18.8. The van der Waals surface area contributed by atoms with E-state index in [2.05, 4.69) is 0 Å². The van der Waals surface area contributed by atoms with Crippen LogP contribution in [0.3, 0.4) is 0 Å². The number of hydrogen-bond acceptors (Lipinski definition) is 5. The molecule has 0 aliphatic carbocycles. The maximum absolute atomic E-state index is 12.7. The van der Waals surface area contributed by atoms with Crippen LogP contribution in [-0.4, -0.2) is 35.4 Å². The molecule has 1 aliphatic rings. The zero-order chi connectivity index (χ0) is 17.1. The molecule has 6 nitrogen and oxygen atoms in total. The first-order chi connectivity index (χ1) is 11.6. The number of carbonyl (C=O) groups excluding carboxylic acids is 1. The molecule has 0 aromatic heterocycles. The van der Waals surface area contributed by atoms with E-state index in [1.165, 1.54) is 4.90 Å². The van der Waals surface area contributed by atoms with Crippen molar-refractivity contribution in [2.24, 2.45) is 0 Å². The van der Waals surface area contributed by atoms with Crippen molar-refractivity contribution in [3.05, 3.63) is 59.9 Å². The fraction of sp³-hybridized carbons (Fsp3) is 0.167. The summed E-state index contributed by atoms with van der Waals surface area (Å²) in [6.07, 6.45) is 0.586. The Morgan fingerprint density at radius 3 is 2.67 bits per heavy atom. The van der Waals surface area contributed by atoms with Gasteiger partial charge in [0.05, 0.1) is 24.9 Å². The second-order valence-electron chi connectivity index (χ2n) is 5.50. The molecule has 0 radical (unpaired) electrons. The highest BCUT2D eigenvalue weighted by molar-refractivity contribution is 6.10. The molecule has 6 heteroatoms. The molecular formula is C18H18N2O4. The molecule has 1 unspecified atom stereocenters. The second kappa shape index (κ2) is 6.74. The maximum atomic E-state index is 12.7. The number of carbonyl (C=O) groups is 1. The van der Waals surface area contributed by atoms with E-state index in [9.17, 15) is 9.90 Å². The van der Waals surface area contributed by atoms with Gasteiger partial charge in [0.15, 0.2) is 11.5 Å². The summed E-state index contributed by atoms with van der Waals surface area (Å²) in [6, 6.07) is 14.2. The number of fused-ring (bicyclic) bond motifs is 1. The number of nitrogens with zero attached hydrogens (tertiary/aromatic N) is 1. The molecule has 0 fully saturated rings. The van der Waals surface area contributed by atoms with Gasteiger partial charge in [0.2, 0.25) is 0 Å². The molecule has 2 aromatic carbocycles. The van der Waals surface area contributed by atoms with Crippen LogP contribution in [0.15, 0.2) is 54.3 Å². The van der Waals surface area contributed by atoms with Gasteiger partial charge >= 0.3 is 0 Å². The Morgan fingerprint density at radius 2 is 1.96 bits per heavy atom. The van der Waals surface area contributed by atoms with Crippen LogP contribution in [0.4, 0.5) is 11.4 Å². The smallest absolute Gasteiger partial charge is 0.294 e. The predicted molar refractivity (Wildman–Crippen MR) is 91.3 cm³/mol. The van der Waals surface area contributed by atoms with E-state index in [1.807, 2.05) is 30.3 Å². The third-order valence-electron chi connectivity index (χ3n) is 3.65. The zero-order valence-electron chi connectivity index (χ0n) is 12.9. The molecule has 2 aromatic rings. The SMILES string of the molecule is Nc1ccc2c(c1)O/C(=C/c1ccccc1)C(=O)N2CC(O)CO. The molecule has 124 valence electrons.